The van der Waals surface area contributed by atoms with Crippen molar-refractivity contribution >= 4 is 28.3 Å². The Balaban J connectivity index is 1.55. The van der Waals surface area contributed by atoms with E-state index in [0.717, 1.165) is 60.9 Å². The van der Waals surface area contributed by atoms with E-state index >= 15 is 0 Å². The van der Waals surface area contributed by atoms with Crippen molar-refractivity contribution in [2.45, 2.75) is 51.5 Å². The molecule has 1 unspecified atom stereocenters. The van der Waals surface area contributed by atoms with Crippen molar-refractivity contribution in [2.75, 3.05) is 12.3 Å². The summed E-state index contributed by atoms with van der Waals surface area (Å²) in [6.45, 7) is 8.79. The van der Waals surface area contributed by atoms with Crippen LogP contribution in [0.5, 0.6) is 0 Å². The van der Waals surface area contributed by atoms with Crippen LogP contribution in [0.3, 0.4) is 0 Å². The zero-order valence-electron chi connectivity index (χ0n) is 20.1. The Hall–Kier alpha value is -3.55. The minimum atomic E-state index is -0.193. The van der Waals surface area contributed by atoms with Gasteiger partial charge in [-0.3, -0.25) is 4.79 Å². The molecular formula is C26H31N7O. The third-order valence-corrected chi connectivity index (χ3v) is 7.64. The number of amides is 1. The van der Waals surface area contributed by atoms with E-state index < -0.39 is 0 Å². The van der Waals surface area contributed by atoms with E-state index in [2.05, 4.69) is 51.0 Å². The molecule has 2 aliphatic rings. The topological polar surface area (TPSA) is 103 Å². The van der Waals surface area contributed by atoms with Crippen LogP contribution < -0.4 is 5.73 Å². The van der Waals surface area contributed by atoms with Crippen molar-refractivity contribution < 1.29 is 4.79 Å². The number of nitrogens with two attached hydrogens (primary N) is 1. The van der Waals surface area contributed by atoms with Crippen molar-refractivity contribution in [1.29, 1.82) is 0 Å². The van der Waals surface area contributed by atoms with Crippen LogP contribution >= 0.6 is 0 Å². The molecule has 0 radical (unpaired) electrons. The first-order valence-electron chi connectivity index (χ1n) is 11.8. The van der Waals surface area contributed by atoms with E-state index in [1.54, 1.807) is 12.4 Å². The molecule has 1 spiro atoms. The second-order valence-electron chi connectivity index (χ2n) is 10.2. The first kappa shape index (κ1) is 22.3. The van der Waals surface area contributed by atoms with E-state index in [-0.39, 0.29) is 16.9 Å². The number of hydrogen-bond acceptors (Lipinski definition) is 6. The number of aryl methyl sites for hydroxylation is 1. The van der Waals surface area contributed by atoms with Crippen LogP contribution in [0.25, 0.3) is 28.0 Å². The molecule has 1 saturated heterocycles. The average molecular weight is 458 g/mol. The monoisotopic (exact) mass is 457 g/mol. The molecule has 0 aromatic carbocycles. The molecule has 1 amide bonds. The normalized spacial score (nSPS) is 22.1. The molecular weight excluding hydrogens is 426 g/mol. The van der Waals surface area contributed by atoms with E-state index in [1.165, 1.54) is 18.0 Å². The van der Waals surface area contributed by atoms with Crippen molar-refractivity contribution in [3.05, 3.63) is 49.2 Å². The van der Waals surface area contributed by atoms with Crippen molar-refractivity contribution in [1.82, 2.24) is 29.4 Å². The van der Waals surface area contributed by atoms with Gasteiger partial charge in [0.05, 0.1) is 16.6 Å². The number of aromatic nitrogens is 5. The van der Waals surface area contributed by atoms with Crippen LogP contribution in [0.15, 0.2) is 43.5 Å². The number of piperidine rings is 1. The van der Waals surface area contributed by atoms with E-state index in [0.29, 0.717) is 11.6 Å². The Bertz CT molecular complexity index is 1310. The molecule has 5 rings (SSSR count). The molecule has 1 atom stereocenters. The first-order valence-corrected chi connectivity index (χ1v) is 11.8. The average Bonchev–Trinajstić information content (AvgIpc) is 3.13. The first-order chi connectivity index (χ1) is 16.3. The van der Waals surface area contributed by atoms with Gasteiger partial charge in [0, 0.05) is 31.5 Å². The largest absolute Gasteiger partial charge is 0.383 e. The second kappa shape index (κ2) is 8.04. The van der Waals surface area contributed by atoms with Crippen molar-refractivity contribution in [3.8, 4) is 11.4 Å². The summed E-state index contributed by atoms with van der Waals surface area (Å²) >= 11 is 0. The number of rotatable bonds is 3. The van der Waals surface area contributed by atoms with Crippen LogP contribution in [0.2, 0.25) is 0 Å². The summed E-state index contributed by atoms with van der Waals surface area (Å²) in [5.74, 6) is 1.08. The molecule has 3 aromatic rings. The summed E-state index contributed by atoms with van der Waals surface area (Å²) < 4.78 is 2.10. The fourth-order valence-corrected chi connectivity index (χ4v) is 6.12. The molecule has 1 aliphatic heterocycles. The Kier molecular flexibility index (Phi) is 5.26. The molecule has 34 heavy (non-hydrogen) atoms. The lowest BCUT2D eigenvalue weighted by molar-refractivity contribution is -0.136. The highest BCUT2D eigenvalue weighted by atomic mass is 16.2. The van der Waals surface area contributed by atoms with Gasteiger partial charge in [-0.25, -0.2) is 19.9 Å². The smallest absolute Gasteiger partial charge is 0.246 e. The fraction of sp³-hybridized carbons (Fsp3) is 0.423. The van der Waals surface area contributed by atoms with E-state index in [9.17, 15) is 4.79 Å². The summed E-state index contributed by atoms with van der Waals surface area (Å²) in [5.41, 5.74) is 10.3. The van der Waals surface area contributed by atoms with E-state index in [4.69, 9.17) is 5.73 Å². The van der Waals surface area contributed by atoms with Crippen LogP contribution in [0.4, 0.5) is 5.82 Å². The van der Waals surface area contributed by atoms with Gasteiger partial charge in [-0.05, 0) is 69.1 Å². The minimum absolute atomic E-state index is 0.0218. The van der Waals surface area contributed by atoms with Gasteiger partial charge in [-0.15, -0.1) is 0 Å². The SMILES string of the molecule is C=CC(=O)N1CCC2(CC=C(c3c(-c4ncccn4)c4c(N)ncnc4n3C)CC2)CC1(C)C. The zero-order valence-corrected chi connectivity index (χ0v) is 20.1. The van der Waals surface area contributed by atoms with E-state index in [1.807, 2.05) is 18.0 Å². The summed E-state index contributed by atoms with van der Waals surface area (Å²) in [6, 6.07) is 1.81. The van der Waals surface area contributed by atoms with Crippen LogP contribution in [0, 0.1) is 5.41 Å². The number of likely N-dealkylation sites (tertiary alicyclic amines) is 1. The molecule has 176 valence electrons. The molecule has 8 heteroatoms. The number of nitrogens with zero attached hydrogens (tertiary/aromatic N) is 6. The summed E-state index contributed by atoms with van der Waals surface area (Å²) in [7, 11) is 2.02. The number of allylic oxidation sites excluding steroid dienone is 2. The number of hydrogen-bond donors (Lipinski definition) is 1. The number of carbonyl (C=O) groups excluding carboxylic acids is 1. The third kappa shape index (κ3) is 3.48. The van der Waals surface area contributed by atoms with Crippen LogP contribution in [-0.4, -0.2) is 47.4 Å². The van der Waals surface area contributed by atoms with Gasteiger partial charge in [-0.2, -0.15) is 0 Å². The van der Waals surface area contributed by atoms with Crippen LogP contribution in [0.1, 0.15) is 51.6 Å². The minimum Gasteiger partial charge on any atom is -0.383 e. The highest BCUT2D eigenvalue weighted by Crippen LogP contribution is 2.51. The van der Waals surface area contributed by atoms with Gasteiger partial charge < -0.3 is 15.2 Å². The predicted octanol–water partition coefficient (Wildman–Crippen LogP) is 4.15. The summed E-state index contributed by atoms with van der Waals surface area (Å²) in [6.07, 6.45) is 13.7. The Morgan fingerprint density at radius 3 is 2.59 bits per heavy atom. The van der Waals surface area contributed by atoms with Crippen molar-refractivity contribution in [2.24, 2.45) is 12.5 Å². The second-order valence-corrected chi connectivity index (χ2v) is 10.2. The maximum absolute atomic E-state index is 12.4. The third-order valence-electron chi connectivity index (χ3n) is 7.64. The highest BCUT2D eigenvalue weighted by Gasteiger charge is 2.45. The molecule has 4 heterocycles. The summed E-state index contributed by atoms with van der Waals surface area (Å²) in [4.78, 5) is 32.2. The fourth-order valence-electron chi connectivity index (χ4n) is 6.12. The van der Waals surface area contributed by atoms with Gasteiger partial charge in [0.15, 0.2) is 5.82 Å². The molecule has 3 aromatic heterocycles. The Morgan fingerprint density at radius 1 is 1.18 bits per heavy atom. The Morgan fingerprint density at radius 2 is 1.94 bits per heavy atom. The molecule has 2 N–H and O–H groups in total. The number of anilines is 1. The lowest BCUT2D eigenvalue weighted by Crippen LogP contribution is -2.55. The van der Waals surface area contributed by atoms with Gasteiger partial charge in [-0.1, -0.05) is 12.7 Å². The van der Waals surface area contributed by atoms with Gasteiger partial charge in [0.2, 0.25) is 5.91 Å². The maximum atomic E-state index is 12.4. The lowest BCUT2D eigenvalue weighted by atomic mass is 9.63. The van der Waals surface area contributed by atoms with Gasteiger partial charge in [0.1, 0.15) is 17.8 Å². The zero-order chi connectivity index (χ0) is 24.1. The molecule has 1 fully saturated rings. The molecule has 0 saturated carbocycles. The number of fused-ring (bicyclic) bond motifs is 1. The standard InChI is InChI=1S/C26H31N7O/c1-5-18(34)33-14-11-26(15-25(33,2)3)9-7-17(8-10-26)21-19(23-28-12-6-13-29-23)20-22(27)30-16-31-24(20)32(21)4/h5-7,12-13,16H,1,8-11,14-15H2,2-4H3,(H2,27,30,31). The number of nitrogen functional groups attached to an aromatic ring is 1. The highest BCUT2D eigenvalue weighted by molar-refractivity contribution is 6.04. The predicted molar refractivity (Wildman–Crippen MR) is 133 cm³/mol. The van der Waals surface area contributed by atoms with Gasteiger partial charge >= 0.3 is 0 Å². The quantitative estimate of drug-likeness (QED) is 0.593. The van der Waals surface area contributed by atoms with Gasteiger partial charge in [0.25, 0.3) is 0 Å². The summed E-state index contributed by atoms with van der Waals surface area (Å²) in [5, 5.41) is 0.796. The lowest BCUT2D eigenvalue weighted by Gasteiger charge is -2.52. The van der Waals surface area contributed by atoms with Crippen LogP contribution in [-0.2, 0) is 11.8 Å². The van der Waals surface area contributed by atoms with Crippen molar-refractivity contribution in [3.63, 3.8) is 0 Å². The maximum Gasteiger partial charge on any atom is 0.246 e. The Labute approximate surface area is 199 Å². The molecule has 0 bridgehead atoms. The molecule has 8 nitrogen and oxygen atoms in total. The number of carbonyl (C=O) groups is 1. The molecule has 1 aliphatic carbocycles.